The zero-order valence-corrected chi connectivity index (χ0v) is 21.6. The van der Waals surface area contributed by atoms with E-state index in [1.54, 1.807) is 38.5 Å². The van der Waals surface area contributed by atoms with Crippen LogP contribution < -0.4 is 31.6 Å². The third-order valence-electron chi connectivity index (χ3n) is 6.32. The van der Waals surface area contributed by atoms with E-state index in [0.29, 0.717) is 53.0 Å². The number of nitrogens with zero attached hydrogens (tertiary/aromatic N) is 3. The highest BCUT2D eigenvalue weighted by Crippen LogP contribution is 2.29. The van der Waals surface area contributed by atoms with E-state index in [2.05, 4.69) is 20.6 Å². The molecule has 0 spiro atoms. The van der Waals surface area contributed by atoms with Crippen molar-refractivity contribution in [2.45, 2.75) is 13.1 Å². The highest BCUT2D eigenvalue weighted by molar-refractivity contribution is 6.05. The van der Waals surface area contributed by atoms with E-state index in [0.717, 1.165) is 16.5 Å². The molecule has 0 atom stereocenters. The third-order valence-corrected chi connectivity index (χ3v) is 6.32. The van der Waals surface area contributed by atoms with E-state index in [4.69, 9.17) is 20.9 Å². The van der Waals surface area contributed by atoms with E-state index >= 15 is 0 Å². The van der Waals surface area contributed by atoms with Crippen molar-refractivity contribution in [2.75, 3.05) is 36.3 Å². The van der Waals surface area contributed by atoms with Crippen molar-refractivity contribution < 1.29 is 14.3 Å². The quantitative estimate of drug-likeness (QED) is 0.207. The molecule has 3 aromatic carbocycles. The van der Waals surface area contributed by atoms with Gasteiger partial charge in [0.25, 0.3) is 5.91 Å². The lowest BCUT2D eigenvalue weighted by Crippen LogP contribution is -2.13. The van der Waals surface area contributed by atoms with Gasteiger partial charge in [0, 0.05) is 24.8 Å². The first kappa shape index (κ1) is 25.4. The summed E-state index contributed by atoms with van der Waals surface area (Å²) >= 11 is 0. The van der Waals surface area contributed by atoms with Gasteiger partial charge in [-0.3, -0.25) is 4.79 Å². The molecule has 2 heterocycles. The number of para-hydroxylation sites is 2. The summed E-state index contributed by atoms with van der Waals surface area (Å²) in [5, 5.41) is 7.05. The summed E-state index contributed by atoms with van der Waals surface area (Å²) < 4.78 is 12.7. The predicted octanol–water partition coefficient (Wildman–Crippen LogP) is 4.53. The average molecular weight is 524 g/mol. The number of carbonyl (C=O) groups is 1. The Bertz CT molecular complexity index is 1630. The molecule has 5 aromatic rings. The summed E-state index contributed by atoms with van der Waals surface area (Å²) in [6, 6.07) is 22.2. The molecule has 5 rings (SSSR count). The number of fused-ring (bicyclic) bond motifs is 1. The normalized spacial score (nSPS) is 10.8. The molecule has 0 aliphatic carbocycles. The number of nitrogen functional groups attached to an aromatic ring is 2. The van der Waals surface area contributed by atoms with Crippen LogP contribution in [0.2, 0.25) is 0 Å². The number of rotatable bonds is 9. The first-order valence-electron chi connectivity index (χ1n) is 12.3. The maximum Gasteiger partial charge on any atom is 0.255 e. The molecule has 0 radical (unpaired) electrons. The number of nitrogens with two attached hydrogens (primary N) is 2. The number of amides is 1. The molecular formula is C29H29N7O3. The van der Waals surface area contributed by atoms with Crippen LogP contribution in [0.25, 0.3) is 11.0 Å². The van der Waals surface area contributed by atoms with Crippen molar-refractivity contribution in [3.63, 3.8) is 0 Å². The molecule has 10 nitrogen and oxygen atoms in total. The lowest BCUT2D eigenvalue weighted by atomic mass is 10.1. The number of benzene rings is 3. The van der Waals surface area contributed by atoms with Crippen molar-refractivity contribution >= 4 is 40.1 Å². The van der Waals surface area contributed by atoms with Crippen LogP contribution in [0.5, 0.6) is 11.5 Å². The minimum atomic E-state index is -0.225. The average Bonchev–Trinajstić information content (AvgIpc) is 3.35. The van der Waals surface area contributed by atoms with Crippen LogP contribution in [0.3, 0.4) is 0 Å². The Balaban J connectivity index is 1.31. The number of hydrogen-bond donors (Lipinski definition) is 4. The van der Waals surface area contributed by atoms with E-state index in [-0.39, 0.29) is 11.9 Å². The zero-order valence-electron chi connectivity index (χ0n) is 21.6. The second-order valence-electron chi connectivity index (χ2n) is 8.89. The lowest BCUT2D eigenvalue weighted by Gasteiger charge is -2.12. The van der Waals surface area contributed by atoms with Gasteiger partial charge in [-0.1, -0.05) is 30.3 Å². The van der Waals surface area contributed by atoms with Gasteiger partial charge in [0.05, 0.1) is 31.0 Å². The summed E-state index contributed by atoms with van der Waals surface area (Å²) in [7, 11) is 3.21. The van der Waals surface area contributed by atoms with Gasteiger partial charge in [-0.2, -0.15) is 9.97 Å². The topological polar surface area (TPSA) is 142 Å². The summed E-state index contributed by atoms with van der Waals surface area (Å²) in [6.45, 7) is 1.05. The van der Waals surface area contributed by atoms with Gasteiger partial charge in [0.1, 0.15) is 11.5 Å². The zero-order chi connectivity index (χ0) is 27.4. The second kappa shape index (κ2) is 11.0. The van der Waals surface area contributed by atoms with Gasteiger partial charge < -0.3 is 36.1 Å². The molecule has 198 valence electrons. The molecule has 39 heavy (non-hydrogen) atoms. The molecule has 0 aliphatic heterocycles. The smallest absolute Gasteiger partial charge is 0.255 e. The van der Waals surface area contributed by atoms with Crippen LogP contribution in [0.15, 0.2) is 79.0 Å². The van der Waals surface area contributed by atoms with E-state index in [1.807, 2.05) is 59.3 Å². The first-order valence-corrected chi connectivity index (χ1v) is 12.3. The maximum absolute atomic E-state index is 12.7. The SMILES string of the molecule is COc1ccc(CNc2nc(N)nc3c2ccn3Cc2ccc(C(=O)Nc3ccccc3N)cc2)cc1OC. The molecule has 0 unspecified atom stereocenters. The van der Waals surface area contributed by atoms with Crippen molar-refractivity contribution in [2.24, 2.45) is 0 Å². The Morgan fingerprint density at radius 1 is 0.897 bits per heavy atom. The Hall–Kier alpha value is -5.25. The minimum absolute atomic E-state index is 0.171. The number of aromatic nitrogens is 3. The number of ether oxygens (including phenoxy) is 2. The molecule has 0 saturated heterocycles. The van der Waals surface area contributed by atoms with Crippen LogP contribution in [0, 0.1) is 0 Å². The van der Waals surface area contributed by atoms with Crippen LogP contribution in [0.1, 0.15) is 21.5 Å². The Morgan fingerprint density at radius 2 is 1.64 bits per heavy atom. The maximum atomic E-state index is 12.7. The number of methoxy groups -OCH3 is 2. The molecule has 0 aliphatic rings. The van der Waals surface area contributed by atoms with Crippen molar-refractivity contribution in [1.82, 2.24) is 14.5 Å². The van der Waals surface area contributed by atoms with Gasteiger partial charge in [-0.25, -0.2) is 0 Å². The highest BCUT2D eigenvalue weighted by atomic mass is 16.5. The molecule has 0 bridgehead atoms. The van der Waals surface area contributed by atoms with Gasteiger partial charge in [0.15, 0.2) is 11.5 Å². The van der Waals surface area contributed by atoms with Crippen molar-refractivity contribution in [3.8, 4) is 11.5 Å². The fourth-order valence-electron chi connectivity index (χ4n) is 4.28. The molecule has 6 N–H and O–H groups in total. The van der Waals surface area contributed by atoms with Crippen molar-refractivity contribution in [3.05, 3.63) is 95.7 Å². The summed E-state index contributed by atoms with van der Waals surface area (Å²) in [4.78, 5) is 21.5. The third kappa shape index (κ3) is 5.54. The monoisotopic (exact) mass is 523 g/mol. The van der Waals surface area contributed by atoms with Crippen LogP contribution in [-0.4, -0.2) is 34.7 Å². The van der Waals surface area contributed by atoms with Crippen molar-refractivity contribution in [1.29, 1.82) is 0 Å². The summed E-state index contributed by atoms with van der Waals surface area (Å²) in [6.07, 6.45) is 1.94. The lowest BCUT2D eigenvalue weighted by molar-refractivity contribution is 0.102. The van der Waals surface area contributed by atoms with Gasteiger partial charge in [0.2, 0.25) is 5.95 Å². The second-order valence-corrected chi connectivity index (χ2v) is 8.89. The highest BCUT2D eigenvalue weighted by Gasteiger charge is 2.13. The molecule has 0 fully saturated rings. The van der Waals surface area contributed by atoms with Gasteiger partial charge in [-0.05, 0) is 53.6 Å². The van der Waals surface area contributed by atoms with E-state index in [9.17, 15) is 4.79 Å². The van der Waals surface area contributed by atoms with Gasteiger partial charge in [-0.15, -0.1) is 0 Å². The van der Waals surface area contributed by atoms with Crippen LogP contribution in [0.4, 0.5) is 23.1 Å². The Labute approximate surface area is 225 Å². The van der Waals surface area contributed by atoms with E-state index in [1.165, 1.54) is 0 Å². The first-order chi connectivity index (χ1) is 18.9. The Kier molecular flexibility index (Phi) is 7.17. The number of hydrogen-bond acceptors (Lipinski definition) is 8. The largest absolute Gasteiger partial charge is 0.493 e. The van der Waals surface area contributed by atoms with Crippen LogP contribution >= 0.6 is 0 Å². The summed E-state index contributed by atoms with van der Waals surface area (Å²) in [5.41, 5.74) is 16.3. The standard InChI is InChI=1S/C29H29N7O3/c1-38-24-12-9-19(15-25(24)39-2)16-32-26-21-13-14-36(27(21)35-29(31)34-26)17-18-7-10-20(11-8-18)28(37)33-23-6-4-3-5-22(23)30/h3-15H,16-17,30H2,1-2H3,(H,33,37)(H3,31,32,34,35). The Morgan fingerprint density at radius 3 is 2.38 bits per heavy atom. The predicted molar refractivity (Wildman–Crippen MR) is 153 cm³/mol. The summed E-state index contributed by atoms with van der Waals surface area (Å²) in [5.74, 6) is 1.91. The molecule has 2 aromatic heterocycles. The molecule has 10 heteroatoms. The molecular weight excluding hydrogens is 494 g/mol. The van der Waals surface area contributed by atoms with E-state index < -0.39 is 0 Å². The number of carbonyl (C=O) groups excluding carboxylic acids is 1. The molecule has 1 amide bonds. The van der Waals surface area contributed by atoms with Crippen LogP contribution in [-0.2, 0) is 13.1 Å². The fraction of sp³-hybridized carbons (Fsp3) is 0.138. The number of nitrogens with one attached hydrogen (secondary N) is 2. The number of anilines is 4. The molecule has 0 saturated carbocycles. The fourth-order valence-corrected chi connectivity index (χ4v) is 4.28. The van der Waals surface area contributed by atoms with Gasteiger partial charge >= 0.3 is 0 Å². The minimum Gasteiger partial charge on any atom is -0.493 e.